The molecule has 2 rings (SSSR count). The summed E-state index contributed by atoms with van der Waals surface area (Å²) in [6.07, 6.45) is 1.85. The monoisotopic (exact) mass is 259 g/mol. The van der Waals surface area contributed by atoms with E-state index < -0.39 is 0 Å². The lowest BCUT2D eigenvalue weighted by Crippen LogP contribution is -1.98. The maximum atomic E-state index is 4.50. The number of benzene rings is 1. The maximum Gasteiger partial charge on any atom is 0.223 e. The quantitative estimate of drug-likeness (QED) is 0.855. The lowest BCUT2D eigenvalue weighted by Gasteiger charge is -2.09. The van der Waals surface area contributed by atoms with E-state index in [1.165, 1.54) is 16.0 Å². The largest absolute Gasteiger partial charge is 0.357 e. The molecule has 0 atom stereocenters. The molecule has 1 aromatic carbocycles. The van der Waals surface area contributed by atoms with Crippen LogP contribution >= 0.6 is 11.8 Å². The molecule has 0 bridgehead atoms. The molecule has 0 unspecified atom stereocenters. The summed E-state index contributed by atoms with van der Waals surface area (Å²) in [6.45, 7) is 6.26. The van der Waals surface area contributed by atoms with Crippen molar-refractivity contribution < 1.29 is 0 Å². The molecule has 0 amide bonds. The van der Waals surface area contributed by atoms with Crippen molar-refractivity contribution in [2.24, 2.45) is 0 Å². The van der Waals surface area contributed by atoms with E-state index in [1.807, 2.05) is 20.2 Å². The minimum Gasteiger partial charge on any atom is -0.357 e. The van der Waals surface area contributed by atoms with Crippen molar-refractivity contribution in [1.82, 2.24) is 9.97 Å². The Bertz CT molecular complexity index is 567. The summed E-state index contributed by atoms with van der Waals surface area (Å²) in [7, 11) is 1.83. The van der Waals surface area contributed by atoms with Crippen molar-refractivity contribution in [1.29, 1.82) is 0 Å². The first-order valence-corrected chi connectivity index (χ1v) is 6.68. The first-order chi connectivity index (χ1) is 8.60. The van der Waals surface area contributed by atoms with Crippen molar-refractivity contribution >= 4 is 17.7 Å². The molecule has 0 radical (unpaired) electrons. The number of aryl methyl sites for hydroxylation is 3. The summed E-state index contributed by atoms with van der Waals surface area (Å²) in [5.41, 5.74) is 3.64. The van der Waals surface area contributed by atoms with Crippen molar-refractivity contribution in [3.63, 3.8) is 0 Å². The minimum absolute atomic E-state index is 0.661. The number of rotatable bonds is 3. The molecule has 0 spiro atoms. The van der Waals surface area contributed by atoms with Gasteiger partial charge in [0.1, 0.15) is 5.03 Å². The van der Waals surface area contributed by atoms with Crippen LogP contribution in [0.3, 0.4) is 0 Å². The highest BCUT2D eigenvalue weighted by Crippen LogP contribution is 2.31. The zero-order valence-electron chi connectivity index (χ0n) is 11.1. The average Bonchev–Trinajstić information content (AvgIpc) is 2.36. The smallest absolute Gasteiger partial charge is 0.223 e. The number of nitrogens with one attached hydrogen (secondary N) is 1. The van der Waals surface area contributed by atoms with Gasteiger partial charge in [0.05, 0.1) is 0 Å². The van der Waals surface area contributed by atoms with E-state index >= 15 is 0 Å². The van der Waals surface area contributed by atoms with Crippen LogP contribution in [0.15, 0.2) is 34.3 Å². The Balaban J connectivity index is 2.36. The Morgan fingerprint density at radius 3 is 2.61 bits per heavy atom. The van der Waals surface area contributed by atoms with Crippen LogP contribution in [0.2, 0.25) is 0 Å². The zero-order chi connectivity index (χ0) is 13.1. The molecular weight excluding hydrogens is 242 g/mol. The molecule has 2 aromatic rings. The Kier molecular flexibility index (Phi) is 3.87. The van der Waals surface area contributed by atoms with E-state index in [4.69, 9.17) is 0 Å². The van der Waals surface area contributed by atoms with E-state index in [0.717, 1.165) is 10.6 Å². The van der Waals surface area contributed by atoms with Crippen LogP contribution in [-0.2, 0) is 0 Å². The molecule has 4 heteroatoms. The highest BCUT2D eigenvalue weighted by molar-refractivity contribution is 7.99. The molecule has 94 valence electrons. The van der Waals surface area contributed by atoms with Gasteiger partial charge in [-0.3, -0.25) is 0 Å². The Labute approximate surface area is 112 Å². The lowest BCUT2D eigenvalue weighted by atomic mass is 10.2. The second-order valence-electron chi connectivity index (χ2n) is 4.30. The Morgan fingerprint density at radius 2 is 1.89 bits per heavy atom. The normalized spacial score (nSPS) is 10.4. The summed E-state index contributed by atoms with van der Waals surface area (Å²) in [5.74, 6) is 0.661. The van der Waals surface area contributed by atoms with E-state index in [2.05, 4.69) is 47.3 Å². The molecule has 0 aliphatic rings. The van der Waals surface area contributed by atoms with Crippen LogP contribution in [0.4, 0.5) is 5.95 Å². The van der Waals surface area contributed by atoms with Crippen LogP contribution in [0.1, 0.15) is 16.7 Å². The summed E-state index contributed by atoms with van der Waals surface area (Å²) >= 11 is 1.69. The van der Waals surface area contributed by atoms with Gasteiger partial charge in [0, 0.05) is 23.7 Å². The van der Waals surface area contributed by atoms with Gasteiger partial charge in [0.2, 0.25) is 5.95 Å². The second kappa shape index (κ2) is 5.40. The fourth-order valence-corrected chi connectivity index (χ4v) is 2.60. The number of aromatic nitrogens is 2. The SMILES string of the molecule is CNc1ncc(C)c(Sc2cc(C)ccc2C)n1. The number of hydrogen-bond donors (Lipinski definition) is 1. The predicted molar refractivity (Wildman–Crippen MR) is 76.4 cm³/mol. The van der Waals surface area contributed by atoms with Gasteiger partial charge in [0.25, 0.3) is 0 Å². The summed E-state index contributed by atoms with van der Waals surface area (Å²) < 4.78 is 0. The van der Waals surface area contributed by atoms with Gasteiger partial charge in [-0.05, 0) is 38.0 Å². The molecule has 0 fully saturated rings. The summed E-state index contributed by atoms with van der Waals surface area (Å²) in [4.78, 5) is 9.95. The van der Waals surface area contributed by atoms with Crippen molar-refractivity contribution in [2.45, 2.75) is 30.7 Å². The third kappa shape index (κ3) is 2.82. The number of hydrogen-bond acceptors (Lipinski definition) is 4. The number of anilines is 1. The van der Waals surface area contributed by atoms with Gasteiger partial charge in [-0.2, -0.15) is 0 Å². The first kappa shape index (κ1) is 12.9. The average molecular weight is 259 g/mol. The van der Waals surface area contributed by atoms with Crippen LogP contribution in [0.5, 0.6) is 0 Å². The van der Waals surface area contributed by atoms with Crippen LogP contribution in [0.25, 0.3) is 0 Å². The fourth-order valence-electron chi connectivity index (χ4n) is 1.57. The molecular formula is C14H17N3S. The standard InChI is InChI=1S/C14H17N3S/c1-9-5-6-10(2)12(7-9)18-13-11(3)8-16-14(15-4)17-13/h5-8H,1-4H3,(H,15,16,17). The first-order valence-electron chi connectivity index (χ1n) is 5.86. The highest BCUT2D eigenvalue weighted by atomic mass is 32.2. The van der Waals surface area contributed by atoms with Gasteiger partial charge in [-0.15, -0.1) is 0 Å². The molecule has 1 heterocycles. The lowest BCUT2D eigenvalue weighted by molar-refractivity contribution is 1.00. The van der Waals surface area contributed by atoms with Crippen molar-refractivity contribution in [2.75, 3.05) is 12.4 Å². The van der Waals surface area contributed by atoms with Gasteiger partial charge in [-0.25, -0.2) is 9.97 Å². The summed E-state index contributed by atoms with van der Waals surface area (Å²) in [5, 5.41) is 3.97. The van der Waals surface area contributed by atoms with Gasteiger partial charge in [0.15, 0.2) is 0 Å². The van der Waals surface area contributed by atoms with E-state index in [9.17, 15) is 0 Å². The molecule has 0 saturated carbocycles. The molecule has 1 N–H and O–H groups in total. The van der Waals surface area contributed by atoms with Crippen LogP contribution in [0, 0.1) is 20.8 Å². The molecule has 3 nitrogen and oxygen atoms in total. The zero-order valence-corrected chi connectivity index (χ0v) is 11.9. The topological polar surface area (TPSA) is 37.8 Å². The van der Waals surface area contributed by atoms with Gasteiger partial charge in [-0.1, -0.05) is 23.9 Å². The maximum absolute atomic E-state index is 4.50. The van der Waals surface area contributed by atoms with Crippen LogP contribution < -0.4 is 5.32 Å². The van der Waals surface area contributed by atoms with Crippen molar-refractivity contribution in [3.8, 4) is 0 Å². The Hall–Kier alpha value is -1.55. The highest BCUT2D eigenvalue weighted by Gasteiger charge is 2.07. The third-order valence-corrected chi connectivity index (χ3v) is 3.97. The molecule has 0 aliphatic carbocycles. The van der Waals surface area contributed by atoms with E-state index in [0.29, 0.717) is 5.95 Å². The van der Waals surface area contributed by atoms with E-state index in [-0.39, 0.29) is 0 Å². The third-order valence-electron chi connectivity index (χ3n) is 2.70. The molecule has 0 saturated heterocycles. The molecule has 18 heavy (non-hydrogen) atoms. The van der Waals surface area contributed by atoms with Crippen LogP contribution in [-0.4, -0.2) is 17.0 Å². The van der Waals surface area contributed by atoms with Gasteiger partial charge >= 0.3 is 0 Å². The predicted octanol–water partition coefficient (Wildman–Crippen LogP) is 3.59. The molecule has 1 aromatic heterocycles. The van der Waals surface area contributed by atoms with Gasteiger partial charge < -0.3 is 5.32 Å². The summed E-state index contributed by atoms with van der Waals surface area (Å²) in [6, 6.07) is 6.47. The minimum atomic E-state index is 0.661. The Morgan fingerprint density at radius 1 is 1.11 bits per heavy atom. The second-order valence-corrected chi connectivity index (χ2v) is 5.33. The fraction of sp³-hybridized carbons (Fsp3) is 0.286. The number of nitrogens with zero attached hydrogens (tertiary/aromatic N) is 2. The van der Waals surface area contributed by atoms with Crippen molar-refractivity contribution in [3.05, 3.63) is 41.1 Å². The molecule has 0 aliphatic heterocycles. The van der Waals surface area contributed by atoms with E-state index in [1.54, 1.807) is 11.8 Å².